The number of carbonyl (C=O) groups is 2. The highest BCUT2D eigenvalue weighted by Gasteiger charge is 2.22. The second-order valence-corrected chi connectivity index (χ2v) is 3.34. The Hall–Kier alpha value is -1.55. The predicted octanol–water partition coefficient (Wildman–Crippen LogP) is 1.26. The number of esters is 1. The zero-order chi connectivity index (χ0) is 12.0. The Morgan fingerprint density at radius 3 is 2.50 bits per heavy atom. The fourth-order valence-electron chi connectivity index (χ4n) is 1.24. The molecule has 4 nitrogen and oxygen atoms in total. The van der Waals surface area contributed by atoms with Crippen molar-refractivity contribution < 1.29 is 14.3 Å². The van der Waals surface area contributed by atoms with Crippen LogP contribution in [0, 0.1) is 0 Å². The molecule has 1 aromatic carbocycles. The number of hydrogen-bond acceptors (Lipinski definition) is 3. The van der Waals surface area contributed by atoms with E-state index in [0.717, 1.165) is 0 Å². The third kappa shape index (κ3) is 3.24. The highest BCUT2D eigenvalue weighted by molar-refractivity contribution is 6.27. The van der Waals surface area contributed by atoms with Crippen LogP contribution in [0.2, 0.25) is 0 Å². The highest BCUT2D eigenvalue weighted by Crippen LogP contribution is 2.13. The second kappa shape index (κ2) is 6.12. The number of benzene rings is 1. The molecule has 5 heteroatoms. The molecule has 0 fully saturated rings. The molecule has 0 aliphatic heterocycles. The van der Waals surface area contributed by atoms with E-state index < -0.39 is 17.9 Å². The summed E-state index contributed by atoms with van der Waals surface area (Å²) in [4.78, 5) is 22.6. The molecule has 1 rings (SSSR count). The number of ether oxygens (including phenoxy) is 1. The largest absolute Gasteiger partial charge is 0.467 e. The van der Waals surface area contributed by atoms with Gasteiger partial charge in [-0.1, -0.05) is 30.3 Å². The molecule has 0 unspecified atom stereocenters. The summed E-state index contributed by atoms with van der Waals surface area (Å²) in [6.45, 7) is 0. The zero-order valence-corrected chi connectivity index (χ0v) is 9.53. The van der Waals surface area contributed by atoms with Crippen molar-refractivity contribution in [3.8, 4) is 0 Å². The number of carbonyl (C=O) groups excluding carboxylic acids is 2. The first-order valence-electron chi connectivity index (χ1n) is 4.67. The van der Waals surface area contributed by atoms with E-state index in [9.17, 15) is 9.59 Å². The Morgan fingerprint density at radius 1 is 1.38 bits per heavy atom. The van der Waals surface area contributed by atoms with Gasteiger partial charge in [-0.2, -0.15) is 0 Å². The lowest BCUT2D eigenvalue weighted by molar-refractivity contribution is -0.145. The van der Waals surface area contributed by atoms with Crippen LogP contribution < -0.4 is 5.32 Å². The Kier molecular flexibility index (Phi) is 4.79. The van der Waals surface area contributed by atoms with Crippen LogP contribution in [-0.4, -0.2) is 24.9 Å². The molecule has 1 N–H and O–H groups in total. The monoisotopic (exact) mass is 241 g/mol. The molecular formula is C11H12ClNO3. The van der Waals surface area contributed by atoms with Gasteiger partial charge in [0.1, 0.15) is 5.88 Å². The van der Waals surface area contributed by atoms with Crippen molar-refractivity contribution >= 4 is 23.5 Å². The Morgan fingerprint density at radius 2 is 2.00 bits per heavy atom. The van der Waals surface area contributed by atoms with Gasteiger partial charge in [0.25, 0.3) is 0 Å². The van der Waals surface area contributed by atoms with Crippen molar-refractivity contribution in [2.75, 3.05) is 13.0 Å². The molecule has 0 aromatic heterocycles. The van der Waals surface area contributed by atoms with Crippen LogP contribution >= 0.6 is 11.6 Å². The van der Waals surface area contributed by atoms with Gasteiger partial charge in [0.05, 0.1) is 7.11 Å². The standard InChI is InChI=1S/C11H12ClNO3/c1-16-11(15)10(13-9(14)7-12)8-5-3-2-4-6-8/h2-6,10H,7H2,1H3,(H,13,14)/t10-/m1/s1. The summed E-state index contributed by atoms with van der Waals surface area (Å²) in [6, 6.07) is 8.03. The fraction of sp³-hybridized carbons (Fsp3) is 0.273. The number of alkyl halides is 1. The highest BCUT2D eigenvalue weighted by atomic mass is 35.5. The van der Waals surface area contributed by atoms with E-state index in [2.05, 4.69) is 10.1 Å². The minimum Gasteiger partial charge on any atom is -0.467 e. The van der Waals surface area contributed by atoms with Gasteiger partial charge in [-0.05, 0) is 5.56 Å². The molecule has 1 aromatic rings. The molecule has 0 spiro atoms. The quantitative estimate of drug-likeness (QED) is 0.638. The van der Waals surface area contributed by atoms with E-state index in [1.165, 1.54) is 7.11 Å². The van der Waals surface area contributed by atoms with Gasteiger partial charge in [-0.25, -0.2) is 4.79 Å². The molecule has 0 saturated heterocycles. The zero-order valence-electron chi connectivity index (χ0n) is 8.77. The van der Waals surface area contributed by atoms with Gasteiger partial charge in [-0.3, -0.25) is 4.79 Å². The van der Waals surface area contributed by atoms with Crippen LogP contribution in [0.3, 0.4) is 0 Å². The van der Waals surface area contributed by atoms with E-state index >= 15 is 0 Å². The van der Waals surface area contributed by atoms with Crippen LogP contribution in [-0.2, 0) is 14.3 Å². The molecule has 1 atom stereocenters. The van der Waals surface area contributed by atoms with Crippen molar-refractivity contribution in [3.05, 3.63) is 35.9 Å². The SMILES string of the molecule is COC(=O)[C@H](NC(=O)CCl)c1ccccc1. The molecule has 86 valence electrons. The first-order chi connectivity index (χ1) is 7.69. The van der Waals surface area contributed by atoms with Gasteiger partial charge in [-0.15, -0.1) is 11.6 Å². The lowest BCUT2D eigenvalue weighted by atomic mass is 10.1. The van der Waals surface area contributed by atoms with Crippen molar-refractivity contribution in [2.24, 2.45) is 0 Å². The van der Waals surface area contributed by atoms with Crippen LogP contribution in [0.1, 0.15) is 11.6 Å². The summed E-state index contributed by atoms with van der Waals surface area (Å²) < 4.78 is 4.62. The summed E-state index contributed by atoms with van der Waals surface area (Å²) in [5, 5.41) is 2.49. The molecule has 0 radical (unpaired) electrons. The number of nitrogens with one attached hydrogen (secondary N) is 1. The lowest BCUT2D eigenvalue weighted by Gasteiger charge is -2.15. The number of methoxy groups -OCH3 is 1. The first-order valence-corrected chi connectivity index (χ1v) is 5.20. The van der Waals surface area contributed by atoms with Gasteiger partial charge in [0, 0.05) is 0 Å². The Labute approximate surface area is 98.5 Å². The third-order valence-corrected chi connectivity index (χ3v) is 2.24. The van der Waals surface area contributed by atoms with E-state index in [4.69, 9.17) is 11.6 Å². The summed E-state index contributed by atoms with van der Waals surface area (Å²) in [6.07, 6.45) is 0. The van der Waals surface area contributed by atoms with Gasteiger partial charge >= 0.3 is 5.97 Å². The number of halogens is 1. The van der Waals surface area contributed by atoms with E-state index in [-0.39, 0.29) is 5.88 Å². The molecular weight excluding hydrogens is 230 g/mol. The number of hydrogen-bond donors (Lipinski definition) is 1. The average Bonchev–Trinajstić information content (AvgIpc) is 2.35. The van der Waals surface area contributed by atoms with Crippen molar-refractivity contribution in [1.82, 2.24) is 5.32 Å². The Bertz CT molecular complexity index is 367. The average molecular weight is 242 g/mol. The van der Waals surface area contributed by atoms with E-state index in [1.807, 2.05) is 6.07 Å². The van der Waals surface area contributed by atoms with E-state index in [0.29, 0.717) is 5.56 Å². The van der Waals surface area contributed by atoms with Crippen LogP contribution in [0.25, 0.3) is 0 Å². The van der Waals surface area contributed by atoms with Crippen LogP contribution in [0.4, 0.5) is 0 Å². The third-order valence-electron chi connectivity index (χ3n) is 2.00. The molecule has 0 aliphatic carbocycles. The maximum Gasteiger partial charge on any atom is 0.333 e. The summed E-state index contributed by atoms with van der Waals surface area (Å²) in [5.41, 5.74) is 0.660. The lowest BCUT2D eigenvalue weighted by Crippen LogP contribution is -2.35. The normalized spacial score (nSPS) is 11.6. The number of amides is 1. The predicted molar refractivity (Wildman–Crippen MR) is 60.1 cm³/mol. The smallest absolute Gasteiger partial charge is 0.333 e. The van der Waals surface area contributed by atoms with E-state index in [1.54, 1.807) is 24.3 Å². The maximum atomic E-state index is 11.5. The summed E-state index contributed by atoms with van der Waals surface area (Å²) in [5.74, 6) is -1.13. The number of rotatable bonds is 4. The molecule has 1 amide bonds. The molecule has 16 heavy (non-hydrogen) atoms. The molecule has 0 aliphatic rings. The van der Waals surface area contributed by atoms with Crippen molar-refractivity contribution in [3.63, 3.8) is 0 Å². The van der Waals surface area contributed by atoms with Gasteiger partial charge in [0.15, 0.2) is 6.04 Å². The molecule has 0 bridgehead atoms. The van der Waals surface area contributed by atoms with Crippen molar-refractivity contribution in [1.29, 1.82) is 0 Å². The summed E-state index contributed by atoms with van der Waals surface area (Å²) >= 11 is 5.37. The molecule has 0 saturated carbocycles. The maximum absolute atomic E-state index is 11.5. The minimum atomic E-state index is -0.808. The summed E-state index contributed by atoms with van der Waals surface area (Å²) in [7, 11) is 1.27. The van der Waals surface area contributed by atoms with Gasteiger partial charge in [0.2, 0.25) is 5.91 Å². The Balaban J connectivity index is 2.88. The van der Waals surface area contributed by atoms with Crippen molar-refractivity contribution in [2.45, 2.75) is 6.04 Å². The topological polar surface area (TPSA) is 55.4 Å². The minimum absolute atomic E-state index is 0.194. The van der Waals surface area contributed by atoms with Gasteiger partial charge < -0.3 is 10.1 Å². The first kappa shape index (κ1) is 12.5. The molecule has 0 heterocycles. The van der Waals surface area contributed by atoms with Crippen LogP contribution in [0.5, 0.6) is 0 Å². The second-order valence-electron chi connectivity index (χ2n) is 3.07. The van der Waals surface area contributed by atoms with Crippen LogP contribution in [0.15, 0.2) is 30.3 Å². The fourth-order valence-corrected chi connectivity index (χ4v) is 1.32.